The predicted octanol–water partition coefficient (Wildman–Crippen LogP) is 8.78. The van der Waals surface area contributed by atoms with Gasteiger partial charge in [0.25, 0.3) is 0 Å². The molecule has 11 atom stereocenters. The quantitative estimate of drug-likeness (QED) is 0.0223. The number of hydrogen-bond donors (Lipinski definition) is 7. The lowest BCUT2D eigenvalue weighted by Crippen LogP contribution is -2.61. The molecule has 0 spiro atoms. The molecule has 408 valence electrons. The Bertz CT molecular complexity index is 1210. The minimum absolute atomic E-state index is 0.174. The van der Waals surface area contributed by atoms with Gasteiger partial charge in [-0.25, -0.2) is 0 Å². The molecule has 2 aliphatic heterocycles. The zero-order chi connectivity index (χ0) is 50.3. The molecular weight excluding hydrogens is 889 g/mol. The Morgan fingerprint density at radius 3 is 1.13 bits per heavy atom. The van der Waals surface area contributed by atoms with Gasteiger partial charge in [0.1, 0.15) is 55.4 Å². The Morgan fingerprint density at radius 1 is 0.406 bits per heavy atom. The van der Waals surface area contributed by atoms with Crippen LogP contribution in [0.1, 0.15) is 239 Å². The molecule has 15 heteroatoms. The summed E-state index contributed by atoms with van der Waals surface area (Å²) in [6.07, 6.45) is 24.1. The van der Waals surface area contributed by atoms with Crippen molar-refractivity contribution in [2.24, 2.45) is 0 Å². The second-order valence-corrected chi connectivity index (χ2v) is 20.1. The normalized spacial score (nSPS) is 25.5. The van der Waals surface area contributed by atoms with Crippen LogP contribution in [-0.2, 0) is 38.0 Å². The molecule has 0 aromatic rings. The van der Waals surface area contributed by atoms with Gasteiger partial charge in [-0.2, -0.15) is 0 Å². The van der Waals surface area contributed by atoms with E-state index in [2.05, 4.69) is 13.8 Å². The molecule has 0 aliphatic carbocycles. The lowest BCUT2D eigenvalue weighted by Gasteiger charge is -2.42. The minimum Gasteiger partial charge on any atom is -0.462 e. The molecule has 11 unspecified atom stereocenters. The van der Waals surface area contributed by atoms with Crippen LogP contribution in [0.5, 0.6) is 0 Å². The summed E-state index contributed by atoms with van der Waals surface area (Å²) in [5.41, 5.74) is 0. The maximum atomic E-state index is 13.0. The summed E-state index contributed by atoms with van der Waals surface area (Å²) in [5.74, 6) is -0.905. The number of hydrogen-bond acceptors (Lipinski definition) is 15. The van der Waals surface area contributed by atoms with Crippen LogP contribution < -0.4 is 0 Å². The molecule has 0 amide bonds. The highest BCUT2D eigenvalue weighted by molar-refractivity contribution is 5.70. The van der Waals surface area contributed by atoms with Gasteiger partial charge >= 0.3 is 11.9 Å². The third kappa shape index (κ3) is 29.7. The fourth-order valence-corrected chi connectivity index (χ4v) is 9.22. The van der Waals surface area contributed by atoms with Gasteiger partial charge < -0.3 is 64.2 Å². The molecular formula is C54H102O15. The molecule has 2 heterocycles. The van der Waals surface area contributed by atoms with Gasteiger partial charge in [0, 0.05) is 12.8 Å². The van der Waals surface area contributed by atoms with E-state index in [1.54, 1.807) is 0 Å². The van der Waals surface area contributed by atoms with Gasteiger partial charge in [-0.3, -0.25) is 9.59 Å². The maximum Gasteiger partial charge on any atom is 0.306 e. The summed E-state index contributed by atoms with van der Waals surface area (Å²) in [6.45, 7) is 2.65. The van der Waals surface area contributed by atoms with Crippen LogP contribution in [0.4, 0.5) is 0 Å². The molecule has 2 aliphatic rings. The van der Waals surface area contributed by atoms with Gasteiger partial charge in [-0.1, -0.05) is 213 Å². The molecule has 2 saturated heterocycles. The number of ether oxygens (including phenoxy) is 6. The first kappa shape index (κ1) is 63.6. The molecule has 0 radical (unpaired) electrons. The first-order valence-electron chi connectivity index (χ1n) is 28.1. The molecule has 7 N–H and O–H groups in total. The highest BCUT2D eigenvalue weighted by Gasteiger charge is 2.47. The number of aliphatic hydroxyl groups is 7. The fourth-order valence-electron chi connectivity index (χ4n) is 9.22. The van der Waals surface area contributed by atoms with Crippen molar-refractivity contribution in [1.29, 1.82) is 0 Å². The lowest BCUT2D eigenvalue weighted by atomic mass is 9.98. The van der Waals surface area contributed by atoms with Crippen LogP contribution in [0.15, 0.2) is 0 Å². The SMILES string of the molecule is CCCCCCCCCCCCCCCCCCCCC(=O)OC(COC(=O)CCCCCCCCCCCCCCCCC)COC1OC(COC2OC(CO)C(O)C(O)C2O)C(O)C(O)C1O. The average Bonchev–Trinajstić information content (AvgIpc) is 3.34. The van der Waals surface area contributed by atoms with E-state index in [1.165, 1.54) is 161 Å². The van der Waals surface area contributed by atoms with E-state index in [1.807, 2.05) is 0 Å². The van der Waals surface area contributed by atoms with Crippen molar-refractivity contribution < 1.29 is 73.8 Å². The summed E-state index contributed by atoms with van der Waals surface area (Å²) in [7, 11) is 0. The van der Waals surface area contributed by atoms with E-state index in [9.17, 15) is 45.3 Å². The summed E-state index contributed by atoms with van der Waals surface area (Å²) in [5, 5.41) is 72.2. The van der Waals surface area contributed by atoms with Crippen LogP contribution in [-0.4, -0.2) is 142 Å². The smallest absolute Gasteiger partial charge is 0.306 e. The van der Waals surface area contributed by atoms with Crippen molar-refractivity contribution in [2.75, 3.05) is 26.4 Å². The summed E-state index contributed by atoms with van der Waals surface area (Å²) < 4.78 is 33.7. The third-order valence-corrected chi connectivity index (χ3v) is 13.8. The van der Waals surface area contributed by atoms with Crippen molar-refractivity contribution >= 4 is 11.9 Å². The molecule has 2 rings (SSSR count). The highest BCUT2D eigenvalue weighted by Crippen LogP contribution is 2.27. The largest absolute Gasteiger partial charge is 0.462 e. The standard InChI is InChI=1S/C54H102O15/c1-3-5-7-9-11-13-15-17-19-20-21-23-25-27-29-31-33-35-37-46(57)67-42(39-64-45(56)36-34-32-30-28-26-24-22-18-16-14-12-10-8-6-4-2)40-65-53-52(63)50(61)48(59)44(69-53)41-66-54-51(62)49(60)47(58)43(38-55)68-54/h42-44,47-55,58-63H,3-41H2,1-2H3. The van der Waals surface area contributed by atoms with E-state index in [4.69, 9.17) is 28.4 Å². The number of carbonyl (C=O) groups excluding carboxylic acids is 2. The molecule has 2 fully saturated rings. The Balaban J connectivity index is 1.76. The first-order chi connectivity index (χ1) is 33.5. The van der Waals surface area contributed by atoms with Crippen molar-refractivity contribution in [1.82, 2.24) is 0 Å². The Labute approximate surface area is 417 Å². The molecule has 69 heavy (non-hydrogen) atoms. The van der Waals surface area contributed by atoms with Crippen molar-refractivity contribution in [3.8, 4) is 0 Å². The Hall–Kier alpha value is -1.50. The Morgan fingerprint density at radius 2 is 0.739 bits per heavy atom. The first-order valence-corrected chi connectivity index (χ1v) is 28.1. The van der Waals surface area contributed by atoms with Gasteiger partial charge in [0.05, 0.1) is 19.8 Å². The molecule has 0 bridgehead atoms. The van der Waals surface area contributed by atoms with Gasteiger partial charge in [-0.15, -0.1) is 0 Å². The van der Waals surface area contributed by atoms with Crippen LogP contribution in [0.2, 0.25) is 0 Å². The number of unbranched alkanes of at least 4 members (excludes halogenated alkanes) is 31. The lowest BCUT2D eigenvalue weighted by molar-refractivity contribution is -0.332. The maximum absolute atomic E-state index is 13.0. The highest BCUT2D eigenvalue weighted by atomic mass is 16.7. The summed E-state index contributed by atoms with van der Waals surface area (Å²) in [4.78, 5) is 25.8. The topological polar surface area (TPSA) is 231 Å². The van der Waals surface area contributed by atoms with Crippen LogP contribution in [0.3, 0.4) is 0 Å². The summed E-state index contributed by atoms with van der Waals surface area (Å²) in [6, 6.07) is 0. The van der Waals surface area contributed by atoms with E-state index >= 15 is 0 Å². The summed E-state index contributed by atoms with van der Waals surface area (Å²) >= 11 is 0. The van der Waals surface area contributed by atoms with E-state index in [0.29, 0.717) is 12.8 Å². The predicted molar refractivity (Wildman–Crippen MR) is 266 cm³/mol. The molecule has 0 aromatic carbocycles. The van der Waals surface area contributed by atoms with Crippen molar-refractivity contribution in [3.63, 3.8) is 0 Å². The Kier molecular flexibility index (Phi) is 38.6. The van der Waals surface area contributed by atoms with E-state index in [0.717, 1.165) is 38.5 Å². The van der Waals surface area contributed by atoms with Crippen molar-refractivity contribution in [3.05, 3.63) is 0 Å². The molecule has 0 saturated carbocycles. The van der Waals surface area contributed by atoms with Crippen LogP contribution >= 0.6 is 0 Å². The number of rotatable bonds is 45. The molecule has 0 aromatic heterocycles. The fraction of sp³-hybridized carbons (Fsp3) is 0.963. The minimum atomic E-state index is -1.76. The number of aliphatic hydroxyl groups excluding tert-OH is 7. The van der Waals surface area contributed by atoms with Gasteiger partial charge in [0.2, 0.25) is 0 Å². The monoisotopic (exact) mass is 991 g/mol. The van der Waals surface area contributed by atoms with E-state index in [-0.39, 0.29) is 26.1 Å². The second-order valence-electron chi connectivity index (χ2n) is 20.1. The molecule has 15 nitrogen and oxygen atoms in total. The van der Waals surface area contributed by atoms with Crippen LogP contribution in [0.25, 0.3) is 0 Å². The second kappa shape index (κ2) is 41.9. The van der Waals surface area contributed by atoms with E-state index < -0.39 is 92.7 Å². The number of esters is 2. The number of carbonyl (C=O) groups is 2. The van der Waals surface area contributed by atoms with Gasteiger partial charge in [0.15, 0.2) is 18.7 Å². The zero-order valence-corrected chi connectivity index (χ0v) is 43.3. The third-order valence-electron chi connectivity index (χ3n) is 13.8. The van der Waals surface area contributed by atoms with Crippen LogP contribution in [0, 0.1) is 0 Å². The van der Waals surface area contributed by atoms with Gasteiger partial charge in [-0.05, 0) is 12.8 Å². The zero-order valence-electron chi connectivity index (χ0n) is 43.3. The average molecular weight is 991 g/mol. The van der Waals surface area contributed by atoms with Crippen molar-refractivity contribution in [2.45, 2.75) is 306 Å².